The summed E-state index contributed by atoms with van der Waals surface area (Å²) < 4.78 is 10.1. The van der Waals surface area contributed by atoms with Gasteiger partial charge in [0.15, 0.2) is 0 Å². The van der Waals surface area contributed by atoms with Gasteiger partial charge in [0.25, 0.3) is 0 Å². The average Bonchev–Trinajstić information content (AvgIpc) is 3.55. The number of rotatable bonds is 11. The molecule has 0 unspecified atom stereocenters. The molecule has 6 nitrogen and oxygen atoms in total. The Hall–Kier alpha value is -3.29. The fourth-order valence-electron chi connectivity index (χ4n) is 5.32. The summed E-state index contributed by atoms with van der Waals surface area (Å²) in [6.45, 7) is 4.68. The predicted molar refractivity (Wildman–Crippen MR) is 157 cm³/mol. The maximum Gasteiger partial charge on any atom is 0.139 e. The zero-order valence-corrected chi connectivity index (χ0v) is 22.9. The molecular formula is C31H36N4O2S. The molecular weight excluding hydrogens is 492 g/mol. The number of Topliss-reactive ketones (excluding diaryl/α,β-unsaturated/α-hetero) is 1. The first kappa shape index (κ1) is 26.3. The molecule has 7 heteroatoms. The van der Waals surface area contributed by atoms with Crippen molar-refractivity contribution in [3.8, 4) is 11.1 Å². The Morgan fingerprint density at radius 1 is 1.16 bits per heavy atom. The van der Waals surface area contributed by atoms with Gasteiger partial charge in [0.1, 0.15) is 10.8 Å². The molecule has 1 aliphatic rings. The summed E-state index contributed by atoms with van der Waals surface area (Å²) >= 11 is 5.23. The first-order valence-corrected chi connectivity index (χ1v) is 14.1. The lowest BCUT2D eigenvalue weighted by Crippen LogP contribution is -2.18. The zero-order chi connectivity index (χ0) is 26.5. The van der Waals surface area contributed by atoms with Crippen LogP contribution in [0, 0.1) is 0 Å². The largest absolute Gasteiger partial charge is 0.389 e. The number of carbonyl (C=O) groups excluding carboxylic acids is 1. The number of hydrogen-bond acceptors (Lipinski definition) is 4. The molecule has 1 fully saturated rings. The maximum absolute atomic E-state index is 12.8. The Labute approximate surface area is 229 Å². The van der Waals surface area contributed by atoms with Crippen LogP contribution in [0.4, 0.5) is 0 Å². The van der Waals surface area contributed by atoms with Crippen molar-refractivity contribution in [3.05, 3.63) is 78.0 Å². The number of ketones is 1. The van der Waals surface area contributed by atoms with Gasteiger partial charge in [-0.3, -0.25) is 4.79 Å². The van der Waals surface area contributed by atoms with E-state index in [0.29, 0.717) is 23.9 Å². The van der Waals surface area contributed by atoms with Crippen molar-refractivity contribution < 1.29 is 9.53 Å². The third-order valence-corrected chi connectivity index (χ3v) is 7.70. The predicted octanol–water partition coefficient (Wildman–Crippen LogP) is 6.04. The minimum absolute atomic E-state index is 0.223. The standard InChI is InChI=1S/C31H36N4O2S/c1-2-3-13-34-19-25(33-21-34)18-27(36)9-7-22-8-10-28-29(23-5-4-6-24(17-23)31(32)38)20-35(30(28)16-22)26-11-14-37-15-12-26/h4-6,8,10,16-17,19-21,26H,2-3,7,9,11-15,18H2,1H3,(H2,32,38). The van der Waals surface area contributed by atoms with Crippen LogP contribution in [0.3, 0.4) is 0 Å². The summed E-state index contributed by atoms with van der Waals surface area (Å²) in [7, 11) is 0. The van der Waals surface area contributed by atoms with Crippen LogP contribution < -0.4 is 5.73 Å². The van der Waals surface area contributed by atoms with E-state index in [-0.39, 0.29) is 5.78 Å². The fourth-order valence-corrected chi connectivity index (χ4v) is 5.45. The molecule has 5 rings (SSSR count). The first-order chi connectivity index (χ1) is 18.5. The van der Waals surface area contributed by atoms with Crippen molar-refractivity contribution in [3.63, 3.8) is 0 Å². The molecule has 0 saturated carbocycles. The second-order valence-electron chi connectivity index (χ2n) is 10.3. The number of fused-ring (bicyclic) bond motifs is 1. The van der Waals surface area contributed by atoms with E-state index >= 15 is 0 Å². The third kappa shape index (κ3) is 6.05. The van der Waals surface area contributed by atoms with Gasteiger partial charge in [-0.25, -0.2) is 4.98 Å². The molecule has 1 aliphatic heterocycles. The van der Waals surface area contributed by atoms with E-state index in [4.69, 9.17) is 22.7 Å². The van der Waals surface area contributed by atoms with Gasteiger partial charge in [0.05, 0.1) is 18.4 Å². The van der Waals surface area contributed by atoms with Gasteiger partial charge in [0.2, 0.25) is 0 Å². The molecule has 0 amide bonds. The molecule has 0 atom stereocenters. The smallest absolute Gasteiger partial charge is 0.139 e. The number of thiocarbonyl (C=S) groups is 1. The molecule has 38 heavy (non-hydrogen) atoms. The van der Waals surface area contributed by atoms with Crippen molar-refractivity contribution in [2.24, 2.45) is 5.73 Å². The second kappa shape index (κ2) is 12.0. The van der Waals surface area contributed by atoms with Crippen molar-refractivity contribution in [2.75, 3.05) is 13.2 Å². The lowest BCUT2D eigenvalue weighted by Gasteiger charge is -2.24. The van der Waals surface area contributed by atoms with Crippen LogP contribution in [-0.4, -0.2) is 38.1 Å². The van der Waals surface area contributed by atoms with Crippen molar-refractivity contribution in [2.45, 2.75) is 64.5 Å². The Morgan fingerprint density at radius 3 is 2.79 bits per heavy atom. The molecule has 0 spiro atoms. The minimum Gasteiger partial charge on any atom is -0.389 e. The lowest BCUT2D eigenvalue weighted by molar-refractivity contribution is -0.118. The highest BCUT2D eigenvalue weighted by molar-refractivity contribution is 7.80. The summed E-state index contributed by atoms with van der Waals surface area (Å²) in [5.74, 6) is 0.223. The Morgan fingerprint density at radius 2 is 2.00 bits per heavy atom. The van der Waals surface area contributed by atoms with Crippen LogP contribution in [0.15, 0.2) is 61.2 Å². The Kier molecular flexibility index (Phi) is 8.35. The highest BCUT2D eigenvalue weighted by Crippen LogP contribution is 2.36. The SMILES string of the molecule is CCCCn1cnc(CC(=O)CCc2ccc3c(-c4cccc(C(N)=S)c4)cn(C4CCOCC4)c3c2)c1. The molecule has 2 aromatic carbocycles. The number of nitrogens with zero attached hydrogens (tertiary/aromatic N) is 3. The molecule has 0 aliphatic carbocycles. The molecule has 3 heterocycles. The lowest BCUT2D eigenvalue weighted by atomic mass is 10.00. The van der Waals surface area contributed by atoms with E-state index in [0.717, 1.165) is 68.7 Å². The summed E-state index contributed by atoms with van der Waals surface area (Å²) in [5, 5.41) is 1.20. The van der Waals surface area contributed by atoms with E-state index in [1.807, 2.05) is 24.7 Å². The number of nitrogens with two attached hydrogens (primary N) is 1. The van der Waals surface area contributed by atoms with E-state index in [1.54, 1.807) is 0 Å². The highest BCUT2D eigenvalue weighted by Gasteiger charge is 2.20. The van der Waals surface area contributed by atoms with E-state index in [1.165, 1.54) is 22.0 Å². The highest BCUT2D eigenvalue weighted by atomic mass is 32.1. The van der Waals surface area contributed by atoms with Gasteiger partial charge in [-0.1, -0.05) is 55.9 Å². The number of hydrogen-bond donors (Lipinski definition) is 1. The number of aryl methyl sites for hydroxylation is 2. The average molecular weight is 529 g/mol. The van der Waals surface area contributed by atoms with Crippen LogP contribution in [0.1, 0.15) is 61.9 Å². The van der Waals surface area contributed by atoms with Gasteiger partial charge in [-0.2, -0.15) is 0 Å². The van der Waals surface area contributed by atoms with Crippen molar-refractivity contribution in [1.29, 1.82) is 0 Å². The van der Waals surface area contributed by atoms with Gasteiger partial charge in [0, 0.05) is 66.6 Å². The normalized spacial score (nSPS) is 14.2. The van der Waals surface area contributed by atoms with Crippen LogP contribution in [0.2, 0.25) is 0 Å². The molecule has 2 aromatic heterocycles. The van der Waals surface area contributed by atoms with Gasteiger partial charge >= 0.3 is 0 Å². The first-order valence-electron chi connectivity index (χ1n) is 13.7. The van der Waals surface area contributed by atoms with Gasteiger partial charge in [-0.05, 0) is 48.9 Å². The Bertz CT molecular complexity index is 1430. The molecule has 4 aromatic rings. The van der Waals surface area contributed by atoms with Crippen LogP contribution in [0.25, 0.3) is 22.0 Å². The Balaban J connectivity index is 1.37. The zero-order valence-electron chi connectivity index (χ0n) is 22.1. The van der Waals surface area contributed by atoms with E-state index < -0.39 is 0 Å². The number of aromatic nitrogens is 3. The minimum atomic E-state index is 0.223. The van der Waals surface area contributed by atoms with Crippen LogP contribution in [-0.2, 0) is 28.9 Å². The summed E-state index contributed by atoms with van der Waals surface area (Å²) in [4.78, 5) is 17.6. The van der Waals surface area contributed by atoms with Crippen molar-refractivity contribution >= 4 is 33.9 Å². The maximum atomic E-state index is 12.8. The molecule has 2 N–H and O–H groups in total. The number of benzene rings is 2. The fraction of sp³-hybridized carbons (Fsp3) is 0.387. The third-order valence-electron chi connectivity index (χ3n) is 7.47. The monoisotopic (exact) mass is 528 g/mol. The van der Waals surface area contributed by atoms with Gasteiger partial charge in [-0.15, -0.1) is 0 Å². The summed E-state index contributed by atoms with van der Waals surface area (Å²) in [6.07, 6.45) is 12.0. The molecule has 1 saturated heterocycles. The van der Waals surface area contributed by atoms with E-state index in [9.17, 15) is 4.79 Å². The number of carbonyl (C=O) groups is 1. The molecule has 198 valence electrons. The summed E-state index contributed by atoms with van der Waals surface area (Å²) in [6, 6.07) is 15.1. The molecule has 0 bridgehead atoms. The summed E-state index contributed by atoms with van der Waals surface area (Å²) in [5.41, 5.74) is 12.3. The number of imidazole rings is 1. The second-order valence-corrected chi connectivity index (χ2v) is 10.7. The quantitative estimate of drug-likeness (QED) is 0.240. The van der Waals surface area contributed by atoms with Crippen LogP contribution in [0.5, 0.6) is 0 Å². The van der Waals surface area contributed by atoms with Crippen molar-refractivity contribution in [1.82, 2.24) is 14.1 Å². The molecule has 0 radical (unpaired) electrons. The van der Waals surface area contributed by atoms with Crippen LogP contribution >= 0.6 is 12.2 Å². The number of unbranched alkanes of at least 4 members (excludes halogenated alkanes) is 1. The van der Waals surface area contributed by atoms with Gasteiger partial charge < -0.3 is 19.6 Å². The van der Waals surface area contributed by atoms with E-state index in [2.05, 4.69) is 57.6 Å². The topological polar surface area (TPSA) is 75.1 Å². The number of ether oxygens (including phenoxy) is 1.